The fraction of sp³-hybridized carbons (Fsp3) is 0.455. The Kier molecular flexibility index (Phi) is 6.57. The third-order valence-electron chi connectivity index (χ3n) is 5.19. The van der Waals surface area contributed by atoms with E-state index in [1.165, 1.54) is 10.5 Å². The van der Waals surface area contributed by atoms with E-state index in [2.05, 4.69) is 75.4 Å². The third kappa shape index (κ3) is 4.66. The van der Waals surface area contributed by atoms with Crippen molar-refractivity contribution < 1.29 is 9.47 Å². The van der Waals surface area contributed by atoms with Crippen LogP contribution >= 0.6 is 11.8 Å². The highest BCUT2D eigenvalue weighted by Gasteiger charge is 2.41. The summed E-state index contributed by atoms with van der Waals surface area (Å²) < 4.78 is 12.8. The van der Waals surface area contributed by atoms with Crippen LogP contribution < -0.4 is 0 Å². The standard InChI is InChI=1S/C22H28O2S/c1-4-20-16(2)17(3)21(23-15-18-11-7-5-8-12-18)22(24-20)25-19-13-9-6-10-14-19/h5-14,16-17,20-22H,4,15H2,1-3H3/t16-,17-,20?,21?,22+/m0/s1. The van der Waals surface area contributed by atoms with Crippen LogP contribution in [0.3, 0.4) is 0 Å². The summed E-state index contributed by atoms with van der Waals surface area (Å²) in [6.45, 7) is 7.45. The molecule has 3 heteroatoms. The summed E-state index contributed by atoms with van der Waals surface area (Å²) in [6.07, 6.45) is 1.43. The number of thioether (sulfide) groups is 1. The first kappa shape index (κ1) is 18.5. The van der Waals surface area contributed by atoms with Crippen LogP contribution in [-0.4, -0.2) is 17.6 Å². The zero-order chi connectivity index (χ0) is 17.6. The minimum atomic E-state index is 0.0299. The van der Waals surface area contributed by atoms with Gasteiger partial charge in [0.1, 0.15) is 5.44 Å². The largest absolute Gasteiger partial charge is 0.370 e. The maximum absolute atomic E-state index is 6.46. The average molecular weight is 357 g/mol. The molecule has 1 heterocycles. The van der Waals surface area contributed by atoms with E-state index < -0.39 is 0 Å². The number of hydrogen-bond acceptors (Lipinski definition) is 3. The molecule has 0 aliphatic carbocycles. The van der Waals surface area contributed by atoms with E-state index >= 15 is 0 Å². The first-order chi connectivity index (χ1) is 12.2. The lowest BCUT2D eigenvalue weighted by Gasteiger charge is -2.44. The van der Waals surface area contributed by atoms with Gasteiger partial charge >= 0.3 is 0 Å². The second-order valence-electron chi connectivity index (χ2n) is 6.86. The molecule has 134 valence electrons. The molecule has 2 nitrogen and oxygen atoms in total. The highest BCUT2D eigenvalue weighted by Crippen LogP contribution is 2.40. The van der Waals surface area contributed by atoms with Gasteiger partial charge < -0.3 is 9.47 Å². The van der Waals surface area contributed by atoms with Crippen molar-refractivity contribution in [2.45, 2.75) is 56.3 Å². The summed E-state index contributed by atoms with van der Waals surface area (Å²) in [4.78, 5) is 1.23. The minimum absolute atomic E-state index is 0.0299. The van der Waals surface area contributed by atoms with E-state index in [1.807, 2.05) is 6.07 Å². The van der Waals surface area contributed by atoms with Crippen LogP contribution in [0.4, 0.5) is 0 Å². The molecule has 0 saturated carbocycles. The molecular weight excluding hydrogens is 328 g/mol. The van der Waals surface area contributed by atoms with Gasteiger partial charge in [-0.2, -0.15) is 0 Å². The molecule has 2 aromatic rings. The van der Waals surface area contributed by atoms with Gasteiger partial charge in [0.15, 0.2) is 0 Å². The van der Waals surface area contributed by atoms with Crippen LogP contribution in [0, 0.1) is 11.8 Å². The highest BCUT2D eigenvalue weighted by atomic mass is 32.2. The maximum Gasteiger partial charge on any atom is 0.134 e. The lowest BCUT2D eigenvalue weighted by molar-refractivity contribution is -0.159. The summed E-state index contributed by atoms with van der Waals surface area (Å²) in [6, 6.07) is 20.9. The summed E-state index contributed by atoms with van der Waals surface area (Å²) in [5.74, 6) is 0.960. The third-order valence-corrected chi connectivity index (χ3v) is 6.35. The van der Waals surface area contributed by atoms with Crippen LogP contribution in [0.2, 0.25) is 0 Å². The van der Waals surface area contributed by atoms with Gasteiger partial charge in [-0.15, -0.1) is 0 Å². The van der Waals surface area contributed by atoms with Crippen molar-refractivity contribution in [1.29, 1.82) is 0 Å². The maximum atomic E-state index is 6.46. The Labute approximate surface area is 155 Å². The summed E-state index contributed by atoms with van der Waals surface area (Å²) >= 11 is 1.79. The topological polar surface area (TPSA) is 18.5 Å². The van der Waals surface area contributed by atoms with E-state index in [-0.39, 0.29) is 11.5 Å². The quantitative estimate of drug-likeness (QED) is 0.654. The molecule has 1 aliphatic heterocycles. The smallest absolute Gasteiger partial charge is 0.134 e. The second-order valence-corrected chi connectivity index (χ2v) is 8.03. The monoisotopic (exact) mass is 356 g/mol. The summed E-state index contributed by atoms with van der Waals surface area (Å²) in [7, 11) is 0. The molecule has 0 amide bonds. The minimum Gasteiger partial charge on any atom is -0.370 e. The number of hydrogen-bond donors (Lipinski definition) is 0. The zero-order valence-electron chi connectivity index (χ0n) is 15.3. The van der Waals surface area contributed by atoms with E-state index in [9.17, 15) is 0 Å². The predicted molar refractivity (Wildman–Crippen MR) is 105 cm³/mol. The first-order valence-corrected chi connectivity index (χ1v) is 10.1. The SMILES string of the molecule is CCC1O[C@H](Sc2ccccc2)C(OCc2ccccc2)[C@@H](C)[C@@H]1C. The van der Waals surface area contributed by atoms with Gasteiger partial charge in [-0.05, 0) is 36.0 Å². The van der Waals surface area contributed by atoms with Gasteiger partial charge in [-0.3, -0.25) is 0 Å². The molecule has 2 aromatic carbocycles. The van der Waals surface area contributed by atoms with E-state index in [4.69, 9.17) is 9.47 Å². The van der Waals surface area contributed by atoms with Gasteiger partial charge in [-0.1, -0.05) is 81.1 Å². The molecule has 1 aliphatic rings. The Bertz CT molecular complexity index is 631. The Morgan fingerprint density at radius 3 is 2.20 bits per heavy atom. The van der Waals surface area contributed by atoms with Crippen molar-refractivity contribution in [2.75, 3.05) is 0 Å². The lowest BCUT2D eigenvalue weighted by atomic mass is 9.83. The van der Waals surface area contributed by atoms with Gasteiger partial charge in [0.05, 0.1) is 18.8 Å². The fourth-order valence-corrected chi connectivity index (χ4v) is 4.69. The van der Waals surface area contributed by atoms with Crippen molar-refractivity contribution in [1.82, 2.24) is 0 Å². The first-order valence-electron chi connectivity index (χ1n) is 9.21. The fourth-order valence-electron chi connectivity index (χ4n) is 3.45. The molecule has 2 unspecified atom stereocenters. The van der Waals surface area contributed by atoms with Gasteiger partial charge in [-0.25, -0.2) is 0 Å². The van der Waals surface area contributed by atoms with Gasteiger partial charge in [0.2, 0.25) is 0 Å². The molecule has 0 spiro atoms. The Balaban J connectivity index is 1.74. The van der Waals surface area contributed by atoms with Crippen LogP contribution in [0.1, 0.15) is 32.8 Å². The summed E-state index contributed by atoms with van der Waals surface area (Å²) in [5.41, 5.74) is 1.24. The number of benzene rings is 2. The Morgan fingerprint density at radius 1 is 0.920 bits per heavy atom. The van der Waals surface area contributed by atoms with E-state index in [0.29, 0.717) is 24.5 Å². The lowest BCUT2D eigenvalue weighted by Crippen LogP contribution is -2.48. The summed E-state index contributed by atoms with van der Waals surface area (Å²) in [5, 5.41) is 0. The van der Waals surface area contributed by atoms with Gasteiger partial charge in [0.25, 0.3) is 0 Å². The molecular formula is C22H28O2S. The highest BCUT2D eigenvalue weighted by molar-refractivity contribution is 7.99. The molecule has 0 N–H and O–H groups in total. The molecule has 0 radical (unpaired) electrons. The molecule has 3 rings (SSSR count). The molecule has 1 saturated heterocycles. The van der Waals surface area contributed by atoms with Crippen LogP contribution in [0.5, 0.6) is 0 Å². The molecule has 1 fully saturated rings. The van der Waals surface area contributed by atoms with Crippen molar-refractivity contribution in [2.24, 2.45) is 11.8 Å². The average Bonchev–Trinajstić information content (AvgIpc) is 2.66. The molecule has 0 bridgehead atoms. The van der Waals surface area contributed by atoms with Gasteiger partial charge in [0, 0.05) is 4.90 Å². The van der Waals surface area contributed by atoms with Crippen molar-refractivity contribution >= 4 is 11.8 Å². The van der Waals surface area contributed by atoms with Crippen molar-refractivity contribution in [3.05, 3.63) is 66.2 Å². The Morgan fingerprint density at radius 2 is 1.56 bits per heavy atom. The number of rotatable bonds is 6. The van der Waals surface area contributed by atoms with Crippen LogP contribution in [-0.2, 0) is 16.1 Å². The molecule has 0 aromatic heterocycles. The Hall–Kier alpha value is -1.29. The van der Waals surface area contributed by atoms with E-state index in [0.717, 1.165) is 6.42 Å². The van der Waals surface area contributed by atoms with Crippen molar-refractivity contribution in [3.8, 4) is 0 Å². The van der Waals surface area contributed by atoms with E-state index in [1.54, 1.807) is 11.8 Å². The molecule has 5 atom stereocenters. The van der Waals surface area contributed by atoms with Crippen LogP contribution in [0.25, 0.3) is 0 Å². The molecule has 25 heavy (non-hydrogen) atoms. The predicted octanol–water partition coefficient (Wildman–Crippen LogP) is 5.77. The van der Waals surface area contributed by atoms with Crippen LogP contribution in [0.15, 0.2) is 65.6 Å². The normalized spacial score (nSPS) is 29.5. The second kappa shape index (κ2) is 8.88. The number of ether oxygens (including phenoxy) is 2. The van der Waals surface area contributed by atoms with Crippen molar-refractivity contribution in [3.63, 3.8) is 0 Å². The zero-order valence-corrected chi connectivity index (χ0v) is 16.1.